The van der Waals surface area contributed by atoms with Gasteiger partial charge in [-0.05, 0) is 20.3 Å². The van der Waals surface area contributed by atoms with E-state index in [0.29, 0.717) is 6.42 Å². The first-order chi connectivity index (χ1) is 7.38. The Morgan fingerprint density at radius 2 is 1.88 bits per heavy atom. The molecule has 0 bridgehead atoms. The fourth-order valence-electron chi connectivity index (χ4n) is 1.22. The number of hydrogen-bond acceptors (Lipinski definition) is 4. The Bertz CT molecular complexity index is 199. The summed E-state index contributed by atoms with van der Waals surface area (Å²) in [7, 11) is 0. The van der Waals surface area contributed by atoms with Gasteiger partial charge < -0.3 is 9.84 Å². The molecule has 0 saturated heterocycles. The number of unbranched alkanes of at least 4 members (excludes halogenated alkanes) is 4. The van der Waals surface area contributed by atoms with Gasteiger partial charge in [-0.2, -0.15) is 0 Å². The average Bonchev–Trinajstić information content (AvgIpc) is 2.16. The maximum absolute atomic E-state index is 11.3. The second-order valence-electron chi connectivity index (χ2n) is 4.73. The van der Waals surface area contributed by atoms with Gasteiger partial charge in [0.1, 0.15) is 5.60 Å². The normalized spacial score (nSPS) is 13.6. The van der Waals surface area contributed by atoms with Crippen molar-refractivity contribution >= 4 is 5.97 Å². The second-order valence-corrected chi connectivity index (χ2v) is 4.73. The molecule has 4 heteroatoms. The highest BCUT2D eigenvalue weighted by Gasteiger charge is 2.26. The second kappa shape index (κ2) is 7.63. The maximum atomic E-state index is 11.3. The van der Waals surface area contributed by atoms with E-state index < -0.39 is 11.8 Å². The highest BCUT2D eigenvalue weighted by atomic mass is 16.6. The van der Waals surface area contributed by atoms with Crippen LogP contribution in [0, 0.1) is 0 Å². The lowest BCUT2D eigenvalue weighted by molar-refractivity contribution is -0.161. The molecule has 0 aliphatic rings. The van der Waals surface area contributed by atoms with Crippen molar-refractivity contribution in [3.63, 3.8) is 0 Å². The van der Waals surface area contributed by atoms with Crippen molar-refractivity contribution in [2.45, 2.75) is 71.1 Å². The standard InChI is InChI=1S/C12H25NO3/c1-4-5-6-7-8-9-10(14)16-11(13)12(2,3)15/h11,15H,4-9,13H2,1-3H3. The van der Waals surface area contributed by atoms with Crippen LogP contribution >= 0.6 is 0 Å². The van der Waals surface area contributed by atoms with Crippen LogP contribution in [0.5, 0.6) is 0 Å². The van der Waals surface area contributed by atoms with Crippen molar-refractivity contribution in [1.82, 2.24) is 0 Å². The number of aliphatic hydroxyl groups is 1. The van der Waals surface area contributed by atoms with Gasteiger partial charge >= 0.3 is 5.97 Å². The van der Waals surface area contributed by atoms with Crippen molar-refractivity contribution in [2.75, 3.05) is 0 Å². The van der Waals surface area contributed by atoms with Crippen LogP contribution in [0.25, 0.3) is 0 Å². The summed E-state index contributed by atoms with van der Waals surface area (Å²) in [5.41, 5.74) is 4.33. The van der Waals surface area contributed by atoms with E-state index in [4.69, 9.17) is 10.5 Å². The van der Waals surface area contributed by atoms with Crippen LogP contribution in [0.3, 0.4) is 0 Å². The van der Waals surface area contributed by atoms with Gasteiger partial charge in [0.15, 0.2) is 6.23 Å². The van der Waals surface area contributed by atoms with Crippen LogP contribution in [-0.4, -0.2) is 22.9 Å². The molecule has 16 heavy (non-hydrogen) atoms. The summed E-state index contributed by atoms with van der Waals surface area (Å²) in [6.07, 6.45) is 4.86. The van der Waals surface area contributed by atoms with E-state index in [9.17, 15) is 9.90 Å². The molecular weight excluding hydrogens is 206 g/mol. The van der Waals surface area contributed by atoms with E-state index in [2.05, 4.69) is 6.92 Å². The first kappa shape index (κ1) is 15.4. The smallest absolute Gasteiger partial charge is 0.307 e. The molecule has 0 aliphatic carbocycles. The van der Waals surface area contributed by atoms with Crippen LogP contribution in [0.2, 0.25) is 0 Å². The Kier molecular flexibility index (Phi) is 7.34. The first-order valence-corrected chi connectivity index (χ1v) is 6.05. The van der Waals surface area contributed by atoms with E-state index in [1.165, 1.54) is 26.7 Å². The summed E-state index contributed by atoms with van der Waals surface area (Å²) < 4.78 is 4.91. The lowest BCUT2D eigenvalue weighted by Crippen LogP contribution is -2.46. The summed E-state index contributed by atoms with van der Waals surface area (Å²) in [6.45, 7) is 5.19. The number of carbonyl (C=O) groups excluding carboxylic acids is 1. The molecule has 0 aromatic rings. The summed E-state index contributed by atoms with van der Waals surface area (Å²) in [4.78, 5) is 11.3. The van der Waals surface area contributed by atoms with Crippen molar-refractivity contribution < 1.29 is 14.6 Å². The first-order valence-electron chi connectivity index (χ1n) is 6.05. The topological polar surface area (TPSA) is 72.5 Å². The number of hydrogen-bond donors (Lipinski definition) is 2. The fraction of sp³-hybridized carbons (Fsp3) is 0.917. The molecule has 0 radical (unpaired) electrons. The quantitative estimate of drug-likeness (QED) is 0.380. The maximum Gasteiger partial charge on any atom is 0.307 e. The molecule has 0 aliphatic heterocycles. The molecule has 0 aromatic heterocycles. The zero-order valence-corrected chi connectivity index (χ0v) is 10.7. The van der Waals surface area contributed by atoms with Gasteiger partial charge in [-0.1, -0.05) is 32.6 Å². The van der Waals surface area contributed by atoms with E-state index in [0.717, 1.165) is 19.3 Å². The van der Waals surface area contributed by atoms with Gasteiger partial charge in [0.2, 0.25) is 0 Å². The summed E-state index contributed by atoms with van der Waals surface area (Å²) >= 11 is 0. The van der Waals surface area contributed by atoms with Crippen LogP contribution in [0.1, 0.15) is 59.3 Å². The lowest BCUT2D eigenvalue weighted by atomic mass is 10.1. The van der Waals surface area contributed by atoms with E-state index >= 15 is 0 Å². The molecule has 0 aromatic carbocycles. The molecule has 0 rings (SSSR count). The van der Waals surface area contributed by atoms with Gasteiger partial charge in [0.05, 0.1) is 0 Å². The van der Waals surface area contributed by atoms with Crippen LogP contribution in [0.15, 0.2) is 0 Å². The molecule has 1 unspecified atom stereocenters. The Hall–Kier alpha value is -0.610. The number of nitrogens with two attached hydrogens (primary N) is 1. The Morgan fingerprint density at radius 3 is 2.38 bits per heavy atom. The van der Waals surface area contributed by atoms with Gasteiger partial charge in [-0.25, -0.2) is 0 Å². The largest absolute Gasteiger partial charge is 0.444 e. The number of carbonyl (C=O) groups is 1. The van der Waals surface area contributed by atoms with E-state index in [1.807, 2.05) is 0 Å². The molecule has 4 nitrogen and oxygen atoms in total. The van der Waals surface area contributed by atoms with Gasteiger partial charge in [-0.15, -0.1) is 0 Å². The molecule has 0 fully saturated rings. The van der Waals surface area contributed by atoms with Gasteiger partial charge in [0.25, 0.3) is 0 Å². The van der Waals surface area contributed by atoms with Gasteiger partial charge in [-0.3, -0.25) is 10.5 Å². The minimum absolute atomic E-state index is 0.328. The molecule has 0 amide bonds. The van der Waals surface area contributed by atoms with Crippen LogP contribution in [-0.2, 0) is 9.53 Å². The Labute approximate surface area is 98.2 Å². The monoisotopic (exact) mass is 231 g/mol. The number of esters is 1. The lowest BCUT2D eigenvalue weighted by Gasteiger charge is -2.25. The van der Waals surface area contributed by atoms with Crippen molar-refractivity contribution in [2.24, 2.45) is 5.73 Å². The SMILES string of the molecule is CCCCCCCC(=O)OC(N)C(C)(C)O. The molecule has 0 heterocycles. The molecular formula is C12H25NO3. The van der Waals surface area contributed by atoms with E-state index in [1.54, 1.807) is 0 Å². The third kappa shape index (κ3) is 7.65. The summed E-state index contributed by atoms with van der Waals surface area (Å²) in [6, 6.07) is 0. The Morgan fingerprint density at radius 1 is 1.31 bits per heavy atom. The molecule has 1 atom stereocenters. The highest BCUT2D eigenvalue weighted by Crippen LogP contribution is 2.10. The predicted octanol–water partition coefficient (Wildman–Crippen LogP) is 1.95. The molecule has 0 spiro atoms. The average molecular weight is 231 g/mol. The summed E-state index contributed by atoms with van der Waals surface area (Å²) in [5, 5.41) is 9.47. The zero-order chi connectivity index (χ0) is 12.6. The van der Waals surface area contributed by atoms with Crippen LogP contribution < -0.4 is 5.73 Å². The van der Waals surface area contributed by atoms with E-state index in [-0.39, 0.29) is 5.97 Å². The van der Waals surface area contributed by atoms with Crippen molar-refractivity contribution in [3.8, 4) is 0 Å². The van der Waals surface area contributed by atoms with Crippen molar-refractivity contribution in [1.29, 1.82) is 0 Å². The summed E-state index contributed by atoms with van der Waals surface area (Å²) in [5.74, 6) is -0.328. The minimum Gasteiger partial charge on any atom is -0.444 e. The number of ether oxygens (including phenoxy) is 1. The molecule has 0 saturated carbocycles. The van der Waals surface area contributed by atoms with Crippen LogP contribution in [0.4, 0.5) is 0 Å². The Balaban J connectivity index is 3.59. The highest BCUT2D eigenvalue weighted by molar-refractivity contribution is 5.69. The fourth-order valence-corrected chi connectivity index (χ4v) is 1.22. The third-order valence-corrected chi connectivity index (χ3v) is 2.44. The minimum atomic E-state index is -1.18. The predicted molar refractivity (Wildman–Crippen MR) is 63.7 cm³/mol. The molecule has 3 N–H and O–H groups in total. The zero-order valence-electron chi connectivity index (χ0n) is 10.7. The molecule has 96 valence electrons. The third-order valence-electron chi connectivity index (χ3n) is 2.44. The van der Waals surface area contributed by atoms with Crippen molar-refractivity contribution in [3.05, 3.63) is 0 Å². The van der Waals surface area contributed by atoms with Gasteiger partial charge in [0, 0.05) is 6.42 Å². The number of rotatable bonds is 8.